The first-order chi connectivity index (χ1) is 6.33. The van der Waals surface area contributed by atoms with Gasteiger partial charge in [0.25, 0.3) is 0 Å². The molecule has 1 aromatic carbocycles. The molecule has 0 saturated carbocycles. The lowest BCUT2D eigenvalue weighted by atomic mass is 10.1. The average molecular weight is 189 g/mol. The van der Waals surface area contributed by atoms with Crippen LogP contribution in [-0.2, 0) is 6.42 Å². The number of rotatable bonds is 1. The molecule has 0 saturated heterocycles. The van der Waals surface area contributed by atoms with Crippen molar-refractivity contribution in [1.29, 1.82) is 5.26 Å². The van der Waals surface area contributed by atoms with Crippen LogP contribution in [0.4, 0.5) is 0 Å². The van der Waals surface area contributed by atoms with Gasteiger partial charge >= 0.3 is 0 Å². The molecular weight excluding hydrogens is 178 g/mol. The number of nitrogens with zero attached hydrogens (tertiary/aromatic N) is 1. The maximum absolute atomic E-state index is 8.68. The number of thiocyanates is 1. The van der Waals surface area contributed by atoms with Crippen LogP contribution in [0, 0.1) is 16.6 Å². The van der Waals surface area contributed by atoms with Gasteiger partial charge in [0.2, 0.25) is 0 Å². The molecule has 0 fully saturated rings. The summed E-state index contributed by atoms with van der Waals surface area (Å²) in [5.74, 6) is 0.599. The Hall–Kier alpha value is -0.940. The molecule has 1 aliphatic carbocycles. The zero-order valence-electron chi connectivity index (χ0n) is 7.53. The molecule has 2 heteroatoms. The second-order valence-electron chi connectivity index (χ2n) is 3.51. The smallest absolute Gasteiger partial charge is 0.133 e. The molecule has 1 aromatic rings. The Morgan fingerprint density at radius 2 is 2.23 bits per heavy atom. The molecule has 0 aromatic heterocycles. The van der Waals surface area contributed by atoms with Crippen molar-refractivity contribution in [2.45, 2.75) is 18.6 Å². The van der Waals surface area contributed by atoms with Crippen molar-refractivity contribution >= 4 is 11.8 Å². The molecule has 1 nitrogen and oxygen atoms in total. The van der Waals surface area contributed by atoms with E-state index < -0.39 is 0 Å². The maximum Gasteiger partial charge on any atom is 0.133 e. The van der Waals surface area contributed by atoms with Gasteiger partial charge in [-0.2, -0.15) is 5.26 Å². The SMILES string of the molecule is CC1Cc2ccccc2C1SC#N. The Bertz CT molecular complexity index is 353. The van der Waals surface area contributed by atoms with Crippen molar-refractivity contribution in [3.63, 3.8) is 0 Å². The van der Waals surface area contributed by atoms with E-state index in [4.69, 9.17) is 5.26 Å². The molecule has 0 aliphatic heterocycles. The van der Waals surface area contributed by atoms with E-state index in [9.17, 15) is 0 Å². The summed E-state index contributed by atoms with van der Waals surface area (Å²) in [7, 11) is 0. The van der Waals surface area contributed by atoms with E-state index in [1.54, 1.807) is 0 Å². The lowest BCUT2D eigenvalue weighted by Crippen LogP contribution is -1.97. The van der Waals surface area contributed by atoms with E-state index in [1.165, 1.54) is 22.9 Å². The molecule has 66 valence electrons. The first kappa shape index (κ1) is 8.65. The second kappa shape index (κ2) is 3.43. The standard InChI is InChI=1S/C11H11NS/c1-8-6-9-4-2-3-5-10(9)11(8)13-7-12/h2-5,8,11H,6H2,1H3. The average Bonchev–Trinajstić information content (AvgIpc) is 2.44. The minimum absolute atomic E-state index is 0.390. The molecular formula is C11H11NS. The highest BCUT2D eigenvalue weighted by Crippen LogP contribution is 2.44. The van der Waals surface area contributed by atoms with Gasteiger partial charge in [0.1, 0.15) is 5.40 Å². The van der Waals surface area contributed by atoms with Gasteiger partial charge in [-0.3, -0.25) is 0 Å². The quantitative estimate of drug-likeness (QED) is 0.634. The third-order valence-corrected chi connectivity index (χ3v) is 3.68. The largest absolute Gasteiger partial charge is 0.185 e. The Kier molecular flexibility index (Phi) is 2.28. The van der Waals surface area contributed by atoms with E-state index in [0.29, 0.717) is 11.2 Å². The van der Waals surface area contributed by atoms with Crippen molar-refractivity contribution in [3.8, 4) is 5.40 Å². The first-order valence-corrected chi connectivity index (χ1v) is 5.33. The van der Waals surface area contributed by atoms with E-state index in [1.807, 2.05) is 0 Å². The molecule has 1 aliphatic rings. The van der Waals surface area contributed by atoms with Gasteiger partial charge in [-0.1, -0.05) is 31.2 Å². The van der Waals surface area contributed by atoms with Crippen LogP contribution >= 0.6 is 11.8 Å². The maximum atomic E-state index is 8.68. The van der Waals surface area contributed by atoms with Crippen LogP contribution in [0.25, 0.3) is 0 Å². The summed E-state index contributed by atoms with van der Waals surface area (Å²) in [4.78, 5) is 0. The molecule has 0 heterocycles. The zero-order chi connectivity index (χ0) is 9.26. The van der Waals surface area contributed by atoms with Gasteiger partial charge in [0, 0.05) is 5.25 Å². The molecule has 0 spiro atoms. The Morgan fingerprint density at radius 3 is 3.00 bits per heavy atom. The first-order valence-electron chi connectivity index (χ1n) is 4.45. The molecule has 0 N–H and O–H groups in total. The van der Waals surface area contributed by atoms with Crippen LogP contribution in [0.5, 0.6) is 0 Å². The van der Waals surface area contributed by atoms with Gasteiger partial charge in [-0.05, 0) is 35.2 Å². The van der Waals surface area contributed by atoms with E-state index in [0.717, 1.165) is 6.42 Å². The third-order valence-electron chi connectivity index (χ3n) is 2.60. The van der Waals surface area contributed by atoms with Crippen LogP contribution in [0.3, 0.4) is 0 Å². The summed E-state index contributed by atoms with van der Waals surface area (Å²) in [6, 6.07) is 8.45. The lowest BCUT2D eigenvalue weighted by Gasteiger charge is -2.10. The lowest BCUT2D eigenvalue weighted by molar-refractivity contribution is 0.617. The van der Waals surface area contributed by atoms with Gasteiger partial charge < -0.3 is 0 Å². The van der Waals surface area contributed by atoms with Crippen LogP contribution in [0.2, 0.25) is 0 Å². The van der Waals surface area contributed by atoms with Gasteiger partial charge in [-0.15, -0.1) is 0 Å². The summed E-state index contributed by atoms with van der Waals surface area (Å²) in [5, 5.41) is 11.3. The fraction of sp³-hybridized carbons (Fsp3) is 0.364. The van der Waals surface area contributed by atoms with Crippen molar-refractivity contribution in [2.24, 2.45) is 5.92 Å². The molecule has 2 unspecified atom stereocenters. The minimum Gasteiger partial charge on any atom is -0.185 e. The monoisotopic (exact) mass is 189 g/mol. The van der Waals surface area contributed by atoms with Crippen molar-refractivity contribution < 1.29 is 0 Å². The van der Waals surface area contributed by atoms with Crippen LogP contribution < -0.4 is 0 Å². The zero-order valence-corrected chi connectivity index (χ0v) is 8.34. The predicted octanol–water partition coefficient (Wildman–Crippen LogP) is 3.13. The highest BCUT2D eigenvalue weighted by atomic mass is 32.2. The number of thioether (sulfide) groups is 1. The molecule has 13 heavy (non-hydrogen) atoms. The highest BCUT2D eigenvalue weighted by molar-refractivity contribution is 8.03. The fourth-order valence-corrected chi connectivity index (χ4v) is 2.79. The van der Waals surface area contributed by atoms with Crippen LogP contribution in [0.1, 0.15) is 23.3 Å². The summed E-state index contributed by atoms with van der Waals surface area (Å²) >= 11 is 1.40. The third kappa shape index (κ3) is 1.45. The number of benzene rings is 1. The summed E-state index contributed by atoms with van der Waals surface area (Å²) in [5.41, 5.74) is 2.78. The molecule has 0 bridgehead atoms. The van der Waals surface area contributed by atoms with Crippen molar-refractivity contribution in [1.82, 2.24) is 0 Å². The van der Waals surface area contributed by atoms with Crippen molar-refractivity contribution in [2.75, 3.05) is 0 Å². The van der Waals surface area contributed by atoms with E-state index in [-0.39, 0.29) is 0 Å². The molecule has 2 atom stereocenters. The summed E-state index contributed by atoms with van der Waals surface area (Å²) < 4.78 is 0. The summed E-state index contributed by atoms with van der Waals surface area (Å²) in [6.45, 7) is 2.22. The van der Waals surface area contributed by atoms with Gasteiger partial charge in [-0.25, -0.2) is 0 Å². The second-order valence-corrected chi connectivity index (χ2v) is 4.44. The fourth-order valence-electron chi connectivity index (χ4n) is 1.99. The number of nitriles is 1. The van der Waals surface area contributed by atoms with E-state index in [2.05, 4.69) is 36.6 Å². The predicted molar refractivity (Wildman–Crippen MR) is 55.3 cm³/mol. The van der Waals surface area contributed by atoms with Gasteiger partial charge in [0.15, 0.2) is 0 Å². The molecule has 0 radical (unpaired) electrons. The molecule has 2 rings (SSSR count). The normalized spacial score (nSPS) is 25.2. The molecule has 0 amide bonds. The number of fused-ring (bicyclic) bond motifs is 1. The number of hydrogen-bond acceptors (Lipinski definition) is 2. The van der Waals surface area contributed by atoms with Crippen molar-refractivity contribution in [3.05, 3.63) is 35.4 Å². The Morgan fingerprint density at radius 1 is 1.46 bits per heavy atom. The van der Waals surface area contributed by atoms with Crippen LogP contribution in [0.15, 0.2) is 24.3 Å². The Labute approximate surface area is 82.8 Å². The number of hydrogen-bond donors (Lipinski definition) is 0. The van der Waals surface area contributed by atoms with Gasteiger partial charge in [0.05, 0.1) is 0 Å². The Balaban J connectivity index is 2.36. The topological polar surface area (TPSA) is 23.8 Å². The minimum atomic E-state index is 0.390. The summed E-state index contributed by atoms with van der Waals surface area (Å²) in [6.07, 6.45) is 1.12. The van der Waals surface area contributed by atoms with E-state index >= 15 is 0 Å². The highest BCUT2D eigenvalue weighted by Gasteiger charge is 2.29. The van der Waals surface area contributed by atoms with Crippen LogP contribution in [-0.4, -0.2) is 0 Å².